The maximum absolute atomic E-state index is 11.1. The molecular weight excluding hydrogens is 424 g/mol. The molecule has 1 saturated carbocycles. The van der Waals surface area contributed by atoms with Crippen LogP contribution in [0.4, 0.5) is 0 Å². The lowest BCUT2D eigenvalue weighted by molar-refractivity contribution is -0.137. The normalized spacial score (nSPS) is 22.3. The van der Waals surface area contributed by atoms with Crippen molar-refractivity contribution in [2.24, 2.45) is 5.92 Å². The van der Waals surface area contributed by atoms with Crippen molar-refractivity contribution in [3.05, 3.63) is 11.6 Å². The number of aliphatic hydroxyl groups excluding tert-OH is 1. The van der Waals surface area contributed by atoms with Crippen molar-refractivity contribution in [3.8, 4) is 0 Å². The Bertz CT molecular complexity index is 548. The van der Waals surface area contributed by atoms with Gasteiger partial charge in [-0.15, -0.1) is 11.8 Å². The first kappa shape index (κ1) is 29.0. The van der Waals surface area contributed by atoms with Crippen LogP contribution >= 0.6 is 11.8 Å². The highest BCUT2D eigenvalue weighted by molar-refractivity contribution is 8.00. The molecule has 3 N–H and O–H groups in total. The molecule has 0 saturated heterocycles. The lowest BCUT2D eigenvalue weighted by Crippen LogP contribution is -2.38. The third kappa shape index (κ3) is 13.5. The molecule has 32 heavy (non-hydrogen) atoms. The number of carboxylic acids is 2. The molecular formula is C26H46O5S. The molecule has 0 amide bonds. The largest absolute Gasteiger partial charge is 0.481 e. The number of carbonyl (C=O) groups is 2. The van der Waals surface area contributed by atoms with Gasteiger partial charge in [-0.2, -0.15) is 0 Å². The Kier molecular flexibility index (Phi) is 16.7. The summed E-state index contributed by atoms with van der Waals surface area (Å²) in [4.78, 5) is 21.8. The highest BCUT2D eigenvalue weighted by Crippen LogP contribution is 2.39. The highest BCUT2D eigenvalue weighted by Gasteiger charge is 2.35. The second-order valence-electron chi connectivity index (χ2n) is 9.30. The number of aliphatic carboxylic acids is 2. The summed E-state index contributed by atoms with van der Waals surface area (Å²) in [5, 5.41) is 28.6. The molecule has 1 aliphatic carbocycles. The number of carboxylic acid groups (broad SMARTS) is 2. The van der Waals surface area contributed by atoms with Crippen molar-refractivity contribution < 1.29 is 24.9 Å². The van der Waals surface area contributed by atoms with Crippen molar-refractivity contribution in [1.29, 1.82) is 0 Å². The monoisotopic (exact) mass is 470 g/mol. The summed E-state index contributed by atoms with van der Waals surface area (Å²) in [5.41, 5.74) is 1.19. The van der Waals surface area contributed by atoms with Crippen molar-refractivity contribution in [2.75, 3.05) is 5.75 Å². The minimum atomic E-state index is -0.861. The van der Waals surface area contributed by atoms with Crippen LogP contribution in [0.1, 0.15) is 116 Å². The van der Waals surface area contributed by atoms with Gasteiger partial charge >= 0.3 is 11.9 Å². The van der Waals surface area contributed by atoms with Gasteiger partial charge in [0.25, 0.3) is 0 Å². The van der Waals surface area contributed by atoms with E-state index in [0.717, 1.165) is 25.7 Å². The van der Waals surface area contributed by atoms with Crippen LogP contribution in [0.2, 0.25) is 0 Å². The van der Waals surface area contributed by atoms with E-state index in [1.54, 1.807) is 0 Å². The van der Waals surface area contributed by atoms with Crippen LogP contribution in [0, 0.1) is 5.92 Å². The predicted octanol–water partition coefficient (Wildman–Crippen LogP) is 6.83. The van der Waals surface area contributed by atoms with E-state index in [1.165, 1.54) is 81.5 Å². The van der Waals surface area contributed by atoms with Gasteiger partial charge in [0.1, 0.15) is 0 Å². The van der Waals surface area contributed by atoms with Crippen molar-refractivity contribution in [1.82, 2.24) is 0 Å². The quantitative estimate of drug-likeness (QED) is 0.141. The standard InChI is InChI=1S/C26H46O5S/c1-2-3-4-5-6-7-8-9-10-11-12-13-15-22-19-18-21(16-14-17-23(27)28)25(31)26(22)32-20-24(29)30/h15,21,25-26,31H,2-14,16-20H2,1H3,(H,27,28)(H,29,30)/t21-,25+,26+/m1/s1. The Balaban J connectivity index is 2.33. The van der Waals surface area contributed by atoms with Crippen LogP contribution in [-0.2, 0) is 9.59 Å². The van der Waals surface area contributed by atoms with E-state index < -0.39 is 18.0 Å². The van der Waals surface area contributed by atoms with Gasteiger partial charge in [-0.3, -0.25) is 9.59 Å². The number of unbranched alkanes of at least 4 members (excludes halogenated alkanes) is 11. The molecule has 0 radical (unpaired) electrons. The number of allylic oxidation sites excluding steroid dienone is 1. The van der Waals surface area contributed by atoms with E-state index in [9.17, 15) is 14.7 Å². The summed E-state index contributed by atoms with van der Waals surface area (Å²) < 4.78 is 0. The fourth-order valence-corrected chi connectivity index (χ4v) is 5.81. The Morgan fingerprint density at radius 1 is 0.906 bits per heavy atom. The van der Waals surface area contributed by atoms with Gasteiger partial charge in [-0.25, -0.2) is 0 Å². The van der Waals surface area contributed by atoms with Crippen LogP contribution in [0.3, 0.4) is 0 Å². The van der Waals surface area contributed by atoms with E-state index in [4.69, 9.17) is 10.2 Å². The molecule has 5 nitrogen and oxygen atoms in total. The first-order valence-corrected chi connectivity index (χ1v) is 13.9. The molecule has 0 bridgehead atoms. The number of thioether (sulfide) groups is 1. The number of rotatable bonds is 19. The zero-order chi connectivity index (χ0) is 23.6. The van der Waals surface area contributed by atoms with E-state index in [1.807, 2.05) is 0 Å². The van der Waals surface area contributed by atoms with Gasteiger partial charge in [-0.1, -0.05) is 82.8 Å². The van der Waals surface area contributed by atoms with Gasteiger partial charge < -0.3 is 15.3 Å². The second kappa shape index (κ2) is 18.4. The van der Waals surface area contributed by atoms with E-state index in [-0.39, 0.29) is 23.3 Å². The fourth-order valence-electron chi connectivity index (χ4n) is 4.64. The molecule has 1 rings (SSSR count). The molecule has 0 aromatic rings. The Morgan fingerprint density at radius 3 is 2.06 bits per heavy atom. The lowest BCUT2D eigenvalue weighted by Gasteiger charge is -2.36. The number of aliphatic hydroxyl groups is 1. The Labute approximate surface area is 199 Å². The van der Waals surface area contributed by atoms with Crippen LogP contribution in [0.15, 0.2) is 11.6 Å². The van der Waals surface area contributed by atoms with Gasteiger partial charge in [0, 0.05) is 6.42 Å². The lowest BCUT2D eigenvalue weighted by atomic mass is 9.80. The smallest absolute Gasteiger partial charge is 0.313 e. The third-order valence-electron chi connectivity index (χ3n) is 6.53. The van der Waals surface area contributed by atoms with Crippen LogP contribution in [0.25, 0.3) is 0 Å². The topological polar surface area (TPSA) is 94.8 Å². The van der Waals surface area contributed by atoms with Gasteiger partial charge in [-0.05, 0) is 44.4 Å². The maximum atomic E-state index is 11.1. The van der Waals surface area contributed by atoms with Crippen molar-refractivity contribution in [3.63, 3.8) is 0 Å². The molecule has 1 aliphatic rings. The molecule has 186 valence electrons. The average Bonchev–Trinajstić information content (AvgIpc) is 2.75. The minimum absolute atomic E-state index is 0.0145. The van der Waals surface area contributed by atoms with E-state index in [0.29, 0.717) is 12.8 Å². The summed E-state index contributed by atoms with van der Waals surface area (Å²) in [7, 11) is 0. The van der Waals surface area contributed by atoms with Gasteiger partial charge in [0.05, 0.1) is 17.1 Å². The summed E-state index contributed by atoms with van der Waals surface area (Å²) in [6.45, 7) is 2.25. The van der Waals surface area contributed by atoms with Crippen LogP contribution in [-0.4, -0.2) is 44.4 Å². The molecule has 0 aromatic carbocycles. The van der Waals surface area contributed by atoms with Crippen LogP contribution in [0.5, 0.6) is 0 Å². The van der Waals surface area contributed by atoms with E-state index in [2.05, 4.69) is 13.0 Å². The molecule has 6 heteroatoms. The predicted molar refractivity (Wildman–Crippen MR) is 133 cm³/mol. The molecule has 0 heterocycles. The Hall–Kier alpha value is -1.01. The molecule has 0 aromatic heterocycles. The van der Waals surface area contributed by atoms with Crippen molar-refractivity contribution in [2.45, 2.75) is 127 Å². The molecule has 1 fully saturated rings. The molecule has 0 aliphatic heterocycles. The maximum Gasteiger partial charge on any atom is 0.313 e. The van der Waals surface area contributed by atoms with Crippen molar-refractivity contribution >= 4 is 23.7 Å². The zero-order valence-corrected chi connectivity index (χ0v) is 20.9. The first-order chi connectivity index (χ1) is 15.5. The third-order valence-corrected chi connectivity index (χ3v) is 7.88. The van der Waals surface area contributed by atoms with Crippen LogP contribution < -0.4 is 0 Å². The van der Waals surface area contributed by atoms with E-state index >= 15 is 0 Å². The number of hydrogen-bond acceptors (Lipinski definition) is 4. The average molecular weight is 471 g/mol. The number of hydrogen-bond donors (Lipinski definition) is 3. The SMILES string of the molecule is CCCCCCCCCCCCCC=C1CC[C@@H](CCCC(=O)O)[C@H](O)[C@H]1SCC(=O)O. The summed E-state index contributed by atoms with van der Waals surface area (Å²) >= 11 is 1.32. The van der Waals surface area contributed by atoms with Gasteiger partial charge in [0.15, 0.2) is 0 Å². The summed E-state index contributed by atoms with van der Waals surface area (Å²) in [6.07, 6.45) is 20.2. The highest BCUT2D eigenvalue weighted by atomic mass is 32.2. The second-order valence-corrected chi connectivity index (χ2v) is 10.4. The first-order valence-electron chi connectivity index (χ1n) is 12.9. The molecule has 3 atom stereocenters. The fraction of sp³-hybridized carbons (Fsp3) is 0.846. The summed E-state index contributed by atoms with van der Waals surface area (Å²) in [5.74, 6) is -1.63. The zero-order valence-electron chi connectivity index (χ0n) is 20.1. The molecule has 0 unspecified atom stereocenters. The Morgan fingerprint density at radius 2 is 1.50 bits per heavy atom. The minimum Gasteiger partial charge on any atom is -0.481 e. The molecule has 0 spiro atoms. The van der Waals surface area contributed by atoms with Gasteiger partial charge in [0.2, 0.25) is 0 Å². The summed E-state index contributed by atoms with van der Waals surface area (Å²) in [6, 6.07) is 0.